The van der Waals surface area contributed by atoms with Crippen LogP contribution in [0.3, 0.4) is 0 Å². The van der Waals surface area contributed by atoms with Gasteiger partial charge in [-0.2, -0.15) is 5.10 Å². The number of aromatic nitrogens is 4. The third-order valence-corrected chi connectivity index (χ3v) is 5.29. The van der Waals surface area contributed by atoms with E-state index in [2.05, 4.69) is 15.2 Å². The molecular formula is C20H20N4O5S. The van der Waals surface area contributed by atoms with Crippen LogP contribution >= 0.6 is 0 Å². The molecule has 0 fully saturated rings. The van der Waals surface area contributed by atoms with Gasteiger partial charge in [0, 0.05) is 6.26 Å². The second-order valence-electron chi connectivity index (χ2n) is 6.81. The zero-order chi connectivity index (χ0) is 21.5. The van der Waals surface area contributed by atoms with Crippen LogP contribution in [0.4, 0.5) is 0 Å². The number of sulfone groups is 1. The van der Waals surface area contributed by atoms with Crippen molar-refractivity contribution in [1.82, 2.24) is 19.7 Å². The largest absolute Gasteiger partial charge is 0.494 e. The minimum absolute atomic E-state index is 0.237. The SMILES string of the molecule is COc1cccc(OC)c1-n1c(-c2ccc(C)o2)nc2nnc(CS(C)(=O)=O)cc21. The molecule has 0 radical (unpaired) electrons. The van der Waals surface area contributed by atoms with Crippen LogP contribution in [0.25, 0.3) is 28.4 Å². The first-order valence-corrected chi connectivity index (χ1v) is 11.1. The van der Waals surface area contributed by atoms with Gasteiger partial charge < -0.3 is 13.9 Å². The van der Waals surface area contributed by atoms with E-state index >= 15 is 0 Å². The van der Waals surface area contributed by atoms with Crippen LogP contribution in [0.1, 0.15) is 11.5 Å². The molecule has 30 heavy (non-hydrogen) atoms. The normalized spacial score (nSPS) is 11.7. The summed E-state index contributed by atoms with van der Waals surface area (Å²) in [5, 5.41) is 8.17. The molecule has 0 aliphatic heterocycles. The molecule has 156 valence electrons. The highest BCUT2D eigenvalue weighted by molar-refractivity contribution is 7.89. The van der Waals surface area contributed by atoms with E-state index in [0.29, 0.717) is 45.6 Å². The Morgan fingerprint density at radius 3 is 2.33 bits per heavy atom. The van der Waals surface area contributed by atoms with Crippen molar-refractivity contribution in [1.29, 1.82) is 0 Å². The van der Waals surface area contributed by atoms with E-state index in [1.54, 1.807) is 43.1 Å². The van der Waals surface area contributed by atoms with Gasteiger partial charge in [0.1, 0.15) is 22.9 Å². The minimum atomic E-state index is -3.29. The molecule has 0 amide bonds. The van der Waals surface area contributed by atoms with Crippen molar-refractivity contribution in [2.75, 3.05) is 20.5 Å². The number of hydrogen-bond donors (Lipinski definition) is 0. The Morgan fingerprint density at radius 1 is 1.07 bits per heavy atom. The fourth-order valence-corrected chi connectivity index (χ4v) is 3.94. The first-order chi connectivity index (χ1) is 14.3. The highest BCUT2D eigenvalue weighted by Gasteiger charge is 2.24. The number of imidazole rings is 1. The molecule has 0 saturated carbocycles. The van der Waals surface area contributed by atoms with Gasteiger partial charge in [-0.1, -0.05) is 6.07 Å². The lowest BCUT2D eigenvalue weighted by molar-refractivity contribution is 0.391. The Bertz CT molecular complexity index is 1320. The molecule has 1 aromatic carbocycles. The summed E-state index contributed by atoms with van der Waals surface area (Å²) in [5.74, 6) is 2.55. The van der Waals surface area contributed by atoms with Gasteiger partial charge in [0.25, 0.3) is 0 Å². The Labute approximate surface area is 173 Å². The van der Waals surface area contributed by atoms with Crippen molar-refractivity contribution in [3.05, 3.63) is 47.9 Å². The van der Waals surface area contributed by atoms with Crippen molar-refractivity contribution in [2.45, 2.75) is 12.7 Å². The Balaban J connectivity index is 2.08. The number of nitrogens with zero attached hydrogens (tertiary/aromatic N) is 4. The molecule has 3 aromatic heterocycles. The second-order valence-corrected chi connectivity index (χ2v) is 8.95. The smallest absolute Gasteiger partial charge is 0.200 e. The fourth-order valence-electron chi connectivity index (χ4n) is 3.26. The van der Waals surface area contributed by atoms with Gasteiger partial charge in [-0.25, -0.2) is 13.4 Å². The van der Waals surface area contributed by atoms with Gasteiger partial charge >= 0.3 is 0 Å². The molecule has 9 nitrogen and oxygen atoms in total. The average molecular weight is 428 g/mol. The van der Waals surface area contributed by atoms with Crippen LogP contribution in [0.2, 0.25) is 0 Å². The third-order valence-electron chi connectivity index (χ3n) is 4.47. The van der Waals surface area contributed by atoms with E-state index in [4.69, 9.17) is 13.9 Å². The summed E-state index contributed by atoms with van der Waals surface area (Å²) < 4.78 is 42.3. The van der Waals surface area contributed by atoms with Gasteiger partial charge in [0.15, 0.2) is 21.4 Å². The summed E-state index contributed by atoms with van der Waals surface area (Å²) in [6, 6.07) is 10.7. The van der Waals surface area contributed by atoms with Gasteiger partial charge in [-0.3, -0.25) is 4.57 Å². The molecule has 0 aliphatic carbocycles. The van der Waals surface area contributed by atoms with Crippen LogP contribution in [0.15, 0.2) is 40.8 Å². The highest BCUT2D eigenvalue weighted by Crippen LogP contribution is 2.38. The minimum Gasteiger partial charge on any atom is -0.494 e. The van der Waals surface area contributed by atoms with Gasteiger partial charge in [-0.05, 0) is 37.3 Å². The van der Waals surface area contributed by atoms with E-state index in [0.717, 1.165) is 12.0 Å². The van der Waals surface area contributed by atoms with Crippen molar-refractivity contribution in [2.24, 2.45) is 0 Å². The van der Waals surface area contributed by atoms with Crippen molar-refractivity contribution >= 4 is 21.0 Å². The maximum absolute atomic E-state index is 11.8. The molecular weight excluding hydrogens is 408 g/mol. The number of para-hydroxylation sites is 1. The summed E-state index contributed by atoms with van der Waals surface area (Å²) in [4.78, 5) is 4.60. The quantitative estimate of drug-likeness (QED) is 0.461. The lowest BCUT2D eigenvalue weighted by Crippen LogP contribution is -2.06. The topological polar surface area (TPSA) is 109 Å². The maximum Gasteiger partial charge on any atom is 0.200 e. The highest BCUT2D eigenvalue weighted by atomic mass is 32.2. The average Bonchev–Trinajstić information content (AvgIpc) is 3.29. The molecule has 4 aromatic rings. The zero-order valence-electron chi connectivity index (χ0n) is 16.9. The summed E-state index contributed by atoms with van der Waals surface area (Å²) in [5.41, 5.74) is 1.79. The maximum atomic E-state index is 11.8. The number of rotatable bonds is 6. The summed E-state index contributed by atoms with van der Waals surface area (Å²) in [6.07, 6.45) is 1.15. The molecule has 0 N–H and O–H groups in total. The van der Waals surface area contributed by atoms with E-state index in [1.807, 2.05) is 19.1 Å². The summed E-state index contributed by atoms with van der Waals surface area (Å²) in [7, 11) is -0.174. The predicted molar refractivity (Wildman–Crippen MR) is 111 cm³/mol. The molecule has 10 heteroatoms. The van der Waals surface area contributed by atoms with Crippen LogP contribution < -0.4 is 9.47 Å². The Kier molecular flexibility index (Phi) is 4.94. The third kappa shape index (κ3) is 3.61. The van der Waals surface area contributed by atoms with Crippen LogP contribution in [0, 0.1) is 6.92 Å². The van der Waals surface area contributed by atoms with Crippen LogP contribution in [-0.4, -0.2) is 48.6 Å². The van der Waals surface area contributed by atoms with Gasteiger partial charge in [0.2, 0.25) is 5.65 Å². The lowest BCUT2D eigenvalue weighted by atomic mass is 10.2. The Hall–Kier alpha value is -3.40. The standard InChI is InChI=1S/C20H20N4O5S/c1-12-8-9-17(29-12)20-21-19-14(10-13(22-23-19)11-30(4,25)26)24(20)18-15(27-2)6-5-7-16(18)28-3/h5-10H,11H2,1-4H3. The summed E-state index contributed by atoms with van der Waals surface area (Å²) >= 11 is 0. The molecule has 0 spiro atoms. The van der Waals surface area contributed by atoms with E-state index < -0.39 is 9.84 Å². The first-order valence-electron chi connectivity index (χ1n) is 9.01. The molecule has 4 rings (SSSR count). The lowest BCUT2D eigenvalue weighted by Gasteiger charge is -2.16. The van der Waals surface area contributed by atoms with Gasteiger partial charge in [0.05, 0.1) is 31.2 Å². The zero-order valence-corrected chi connectivity index (χ0v) is 17.7. The number of ether oxygens (including phenoxy) is 2. The van der Waals surface area contributed by atoms with E-state index in [-0.39, 0.29) is 5.75 Å². The molecule has 0 atom stereocenters. The van der Waals surface area contributed by atoms with Crippen molar-refractivity contribution in [3.63, 3.8) is 0 Å². The number of benzene rings is 1. The molecule has 0 saturated heterocycles. The summed E-state index contributed by atoms with van der Waals surface area (Å²) in [6.45, 7) is 1.84. The van der Waals surface area contributed by atoms with Crippen molar-refractivity contribution < 1.29 is 22.3 Å². The monoisotopic (exact) mass is 428 g/mol. The first kappa shape index (κ1) is 19.9. The van der Waals surface area contributed by atoms with Crippen LogP contribution in [-0.2, 0) is 15.6 Å². The Morgan fingerprint density at radius 2 is 1.77 bits per heavy atom. The fraction of sp³-hybridized carbons (Fsp3) is 0.250. The van der Waals surface area contributed by atoms with Gasteiger partial charge in [-0.15, -0.1) is 5.10 Å². The molecule has 3 heterocycles. The van der Waals surface area contributed by atoms with E-state index in [1.165, 1.54) is 0 Å². The number of fused-ring (bicyclic) bond motifs is 1. The van der Waals surface area contributed by atoms with Crippen molar-refractivity contribution in [3.8, 4) is 28.8 Å². The number of hydrogen-bond acceptors (Lipinski definition) is 8. The second kappa shape index (κ2) is 7.45. The van der Waals surface area contributed by atoms with Crippen LogP contribution in [0.5, 0.6) is 11.5 Å². The molecule has 0 bridgehead atoms. The molecule has 0 aliphatic rings. The number of aryl methyl sites for hydroxylation is 1. The number of furan rings is 1. The van der Waals surface area contributed by atoms with E-state index in [9.17, 15) is 8.42 Å². The predicted octanol–water partition coefficient (Wildman–Crippen LogP) is 2.95. The number of methoxy groups -OCH3 is 2. The molecule has 0 unspecified atom stereocenters.